The number of carbonyl (C=O) groups is 2. The molecule has 2 heterocycles. The van der Waals surface area contributed by atoms with Crippen LogP contribution in [-0.2, 0) is 25.4 Å². The molecule has 43 heavy (non-hydrogen) atoms. The minimum Gasteiger partial charge on any atom is -0.480 e. The third-order valence-corrected chi connectivity index (χ3v) is 7.19. The summed E-state index contributed by atoms with van der Waals surface area (Å²) in [7, 11) is 0. The Kier molecular flexibility index (Phi) is 10.8. The van der Waals surface area contributed by atoms with Gasteiger partial charge >= 0.3 is 5.97 Å². The second kappa shape index (κ2) is 14.3. The van der Waals surface area contributed by atoms with Crippen molar-refractivity contribution in [3.63, 3.8) is 0 Å². The highest BCUT2D eigenvalue weighted by Gasteiger charge is 2.41. The van der Waals surface area contributed by atoms with E-state index < -0.39 is 41.8 Å². The Morgan fingerprint density at radius 2 is 1.67 bits per heavy atom. The molecular formula is C31H38F3N3O6. The molecule has 9 nitrogen and oxygen atoms in total. The van der Waals surface area contributed by atoms with E-state index in [1.807, 2.05) is 31.2 Å². The molecular weight excluding hydrogens is 567 g/mol. The number of carboxylic acid groups (broad SMARTS) is 1. The lowest BCUT2D eigenvalue weighted by Crippen LogP contribution is -2.48. The molecule has 0 radical (unpaired) electrons. The number of carbonyl (C=O) groups excluding carboxylic acids is 1. The van der Waals surface area contributed by atoms with Gasteiger partial charge in [0.05, 0.1) is 39.1 Å². The largest absolute Gasteiger partial charge is 0.480 e. The van der Waals surface area contributed by atoms with Crippen molar-refractivity contribution < 1.29 is 42.1 Å². The SMILES string of the molecule is C[C@@H]1Cc2c([nH]c3ccccc23)[C@@H](c2c(F)cc(C(=O)NCCOCCOCCOCC(=O)O)cc2F)N1CC(C)(C)F. The zero-order chi connectivity index (χ0) is 31.1. The molecule has 1 aliphatic heterocycles. The van der Waals surface area contributed by atoms with Crippen molar-refractivity contribution >= 4 is 22.8 Å². The van der Waals surface area contributed by atoms with E-state index in [4.69, 9.17) is 19.3 Å². The quantitative estimate of drug-likeness (QED) is 0.220. The van der Waals surface area contributed by atoms with Crippen molar-refractivity contribution in [2.24, 2.45) is 0 Å². The number of ether oxygens (including phenoxy) is 3. The molecule has 0 saturated heterocycles. The number of fused-ring (bicyclic) bond motifs is 3. The van der Waals surface area contributed by atoms with Crippen molar-refractivity contribution in [2.45, 2.75) is 44.9 Å². The highest BCUT2D eigenvalue weighted by Crippen LogP contribution is 2.43. The Hall–Kier alpha value is -3.45. The third-order valence-electron chi connectivity index (χ3n) is 7.19. The summed E-state index contributed by atoms with van der Waals surface area (Å²) in [6.45, 7) is 5.44. The Morgan fingerprint density at radius 1 is 1.05 bits per heavy atom. The molecule has 3 N–H and O–H groups in total. The smallest absolute Gasteiger partial charge is 0.329 e. The molecule has 2 aromatic carbocycles. The Balaban J connectivity index is 1.42. The molecule has 3 aromatic rings. The lowest BCUT2D eigenvalue weighted by molar-refractivity contribution is -0.142. The molecule has 0 saturated carbocycles. The van der Waals surface area contributed by atoms with Crippen molar-refractivity contribution in [1.82, 2.24) is 15.2 Å². The summed E-state index contributed by atoms with van der Waals surface area (Å²) in [4.78, 5) is 28.2. The number of carboxylic acids is 1. The number of aromatic amines is 1. The second-order valence-electron chi connectivity index (χ2n) is 11.2. The lowest BCUT2D eigenvalue weighted by Gasteiger charge is -2.43. The summed E-state index contributed by atoms with van der Waals surface area (Å²) in [6, 6.07) is 8.53. The van der Waals surface area contributed by atoms with E-state index in [2.05, 4.69) is 10.3 Å². The van der Waals surface area contributed by atoms with Gasteiger partial charge in [-0.2, -0.15) is 0 Å². The molecule has 0 fully saturated rings. The predicted octanol–water partition coefficient (Wildman–Crippen LogP) is 4.39. The van der Waals surface area contributed by atoms with Crippen molar-refractivity contribution in [2.75, 3.05) is 52.7 Å². The zero-order valence-electron chi connectivity index (χ0n) is 24.6. The minimum atomic E-state index is -1.62. The fraction of sp³-hybridized carbons (Fsp3) is 0.484. The molecule has 0 aliphatic carbocycles. The summed E-state index contributed by atoms with van der Waals surface area (Å²) in [6.07, 6.45) is 0.588. The van der Waals surface area contributed by atoms with Crippen LogP contribution in [-0.4, -0.2) is 91.3 Å². The van der Waals surface area contributed by atoms with Crippen LogP contribution in [0.5, 0.6) is 0 Å². The summed E-state index contributed by atoms with van der Waals surface area (Å²) in [5.41, 5.74) is 0.360. The van der Waals surface area contributed by atoms with Crippen LogP contribution in [0.15, 0.2) is 36.4 Å². The normalized spacial score (nSPS) is 17.3. The van der Waals surface area contributed by atoms with Gasteiger partial charge in [0.2, 0.25) is 0 Å². The van der Waals surface area contributed by atoms with Gasteiger partial charge in [0.25, 0.3) is 5.91 Å². The van der Waals surface area contributed by atoms with Gasteiger partial charge in [-0.1, -0.05) is 18.2 Å². The first-order chi connectivity index (χ1) is 20.5. The number of amides is 1. The molecule has 0 spiro atoms. The standard InChI is InChI=1S/C31H38F3N3O6/c1-19-14-22-21-6-4-5-7-25(21)36-28(22)29(37(19)18-31(2,3)34)27-23(32)15-20(16-24(27)33)30(40)35-8-9-41-10-11-42-12-13-43-17-26(38)39/h4-7,15-16,19,29,36H,8-14,17-18H2,1-3H3,(H,35,40)(H,38,39)/t19-,29-/m1/s1. The first-order valence-corrected chi connectivity index (χ1v) is 14.2. The van der Waals surface area contributed by atoms with Gasteiger partial charge in [0, 0.05) is 46.9 Å². The number of rotatable bonds is 15. The minimum absolute atomic E-state index is 0.0434. The van der Waals surface area contributed by atoms with E-state index in [-0.39, 0.29) is 63.3 Å². The molecule has 1 aromatic heterocycles. The van der Waals surface area contributed by atoms with Crippen molar-refractivity contribution in [3.05, 3.63) is 70.4 Å². The highest BCUT2D eigenvalue weighted by atomic mass is 19.1. The number of hydrogen-bond donors (Lipinski definition) is 3. The number of para-hydroxylation sites is 1. The van der Waals surface area contributed by atoms with E-state index >= 15 is 8.78 Å². The molecule has 4 rings (SSSR count). The van der Waals surface area contributed by atoms with Gasteiger partial charge in [-0.05, 0) is 51.0 Å². The summed E-state index contributed by atoms with van der Waals surface area (Å²) < 4.78 is 62.0. The van der Waals surface area contributed by atoms with Crippen LogP contribution >= 0.6 is 0 Å². The Bertz CT molecular complexity index is 1400. The summed E-state index contributed by atoms with van der Waals surface area (Å²) in [5, 5.41) is 12.0. The van der Waals surface area contributed by atoms with E-state index in [0.717, 1.165) is 28.6 Å². The molecule has 0 unspecified atom stereocenters. The van der Waals surface area contributed by atoms with Crippen LogP contribution in [0.1, 0.15) is 54.0 Å². The number of nitrogens with zero attached hydrogens (tertiary/aromatic N) is 1. The maximum absolute atomic E-state index is 15.8. The van der Waals surface area contributed by atoms with Crippen molar-refractivity contribution in [1.29, 1.82) is 0 Å². The fourth-order valence-electron chi connectivity index (χ4n) is 5.41. The van der Waals surface area contributed by atoms with Gasteiger partial charge in [-0.25, -0.2) is 18.0 Å². The van der Waals surface area contributed by atoms with Gasteiger partial charge in [0.15, 0.2) is 0 Å². The maximum atomic E-state index is 15.8. The highest BCUT2D eigenvalue weighted by molar-refractivity contribution is 5.94. The van der Waals surface area contributed by atoms with E-state index in [1.165, 1.54) is 13.8 Å². The summed E-state index contributed by atoms with van der Waals surface area (Å²) >= 11 is 0. The topological polar surface area (TPSA) is 113 Å². The van der Waals surface area contributed by atoms with Gasteiger partial charge in [-0.3, -0.25) is 9.69 Å². The van der Waals surface area contributed by atoms with Crippen molar-refractivity contribution in [3.8, 4) is 0 Å². The van der Waals surface area contributed by atoms with Gasteiger partial charge < -0.3 is 29.6 Å². The lowest BCUT2D eigenvalue weighted by atomic mass is 9.87. The van der Waals surface area contributed by atoms with Crippen LogP contribution in [0.3, 0.4) is 0 Å². The fourth-order valence-corrected chi connectivity index (χ4v) is 5.41. The van der Waals surface area contributed by atoms with Gasteiger partial charge in [-0.15, -0.1) is 0 Å². The number of hydrogen-bond acceptors (Lipinski definition) is 6. The van der Waals surface area contributed by atoms with E-state index in [1.54, 1.807) is 4.90 Å². The van der Waals surface area contributed by atoms with E-state index in [0.29, 0.717) is 12.1 Å². The number of H-pyrrole nitrogens is 1. The average molecular weight is 606 g/mol. The molecule has 1 aliphatic rings. The first-order valence-electron chi connectivity index (χ1n) is 14.2. The van der Waals surface area contributed by atoms with Crippen LogP contribution in [0.25, 0.3) is 10.9 Å². The van der Waals surface area contributed by atoms with Crippen LogP contribution in [0.4, 0.5) is 13.2 Å². The molecule has 0 bridgehead atoms. The molecule has 12 heteroatoms. The maximum Gasteiger partial charge on any atom is 0.329 e. The Morgan fingerprint density at radius 3 is 2.33 bits per heavy atom. The summed E-state index contributed by atoms with van der Waals surface area (Å²) in [5.74, 6) is -3.50. The number of aromatic nitrogens is 1. The Labute approximate surface area is 248 Å². The molecule has 2 atom stereocenters. The monoisotopic (exact) mass is 605 g/mol. The van der Waals surface area contributed by atoms with E-state index in [9.17, 15) is 14.0 Å². The number of aliphatic carboxylic acids is 1. The van der Waals surface area contributed by atoms with Crippen LogP contribution < -0.4 is 5.32 Å². The number of nitrogens with one attached hydrogen (secondary N) is 2. The van der Waals surface area contributed by atoms with Gasteiger partial charge in [0.1, 0.15) is 23.9 Å². The average Bonchev–Trinajstić information content (AvgIpc) is 3.29. The third kappa shape index (κ3) is 8.35. The molecule has 234 valence electrons. The number of benzene rings is 2. The van der Waals surface area contributed by atoms with Crippen LogP contribution in [0, 0.1) is 11.6 Å². The van der Waals surface area contributed by atoms with Crippen LogP contribution in [0.2, 0.25) is 0 Å². The predicted molar refractivity (Wildman–Crippen MR) is 154 cm³/mol. The first kappa shape index (κ1) is 32.5. The number of halogens is 3. The zero-order valence-corrected chi connectivity index (χ0v) is 24.6. The molecule has 1 amide bonds. The second-order valence-corrected chi connectivity index (χ2v) is 11.2. The number of alkyl halides is 1.